The van der Waals surface area contributed by atoms with Gasteiger partial charge in [0.1, 0.15) is 12.3 Å². The minimum atomic E-state index is -0.238. The molecular weight excluding hydrogens is 398 g/mol. The van der Waals surface area contributed by atoms with Crippen LogP contribution in [0.2, 0.25) is 0 Å². The van der Waals surface area contributed by atoms with E-state index in [-0.39, 0.29) is 18.8 Å². The van der Waals surface area contributed by atoms with Gasteiger partial charge >= 0.3 is 5.97 Å². The Hall–Kier alpha value is -2.33. The van der Waals surface area contributed by atoms with Crippen molar-refractivity contribution in [1.29, 1.82) is 0 Å². The molecule has 0 saturated heterocycles. The largest absolute Gasteiger partial charge is 0.457 e. The Balaban J connectivity index is 1.79. The van der Waals surface area contributed by atoms with Crippen molar-refractivity contribution in [2.75, 3.05) is 20.9 Å². The number of nitrogens with zero attached hydrogens (tertiary/aromatic N) is 1. The van der Waals surface area contributed by atoms with Gasteiger partial charge in [-0.2, -0.15) is 0 Å². The molecule has 1 unspecified atom stereocenters. The number of carbonyl (C=O) groups excluding carboxylic acids is 1. The van der Waals surface area contributed by atoms with Gasteiger partial charge in [0.15, 0.2) is 6.04 Å². The first-order chi connectivity index (χ1) is 15.5. The fraction of sp³-hybridized carbons (Fsp3) is 0.536. The minimum Gasteiger partial charge on any atom is -0.457 e. The summed E-state index contributed by atoms with van der Waals surface area (Å²) in [5.41, 5.74) is 2.48. The highest BCUT2D eigenvalue weighted by atomic mass is 16.7. The first kappa shape index (κ1) is 25.9. The van der Waals surface area contributed by atoms with E-state index in [1.807, 2.05) is 37.3 Å². The molecule has 0 aromatic heterocycles. The quantitative estimate of drug-likeness (QED) is 0.137. The zero-order valence-electron chi connectivity index (χ0n) is 20.5. The lowest BCUT2D eigenvalue weighted by atomic mass is 10.0. The predicted octanol–water partition coefficient (Wildman–Crippen LogP) is 6.52. The number of ether oxygens (including phenoxy) is 2. The second kappa shape index (κ2) is 13.9. The van der Waals surface area contributed by atoms with Crippen molar-refractivity contribution in [2.45, 2.75) is 77.8 Å². The van der Waals surface area contributed by atoms with Crippen LogP contribution in [0.3, 0.4) is 0 Å². The van der Waals surface area contributed by atoms with Crippen molar-refractivity contribution in [2.24, 2.45) is 0 Å². The zero-order chi connectivity index (χ0) is 23.2. The molecule has 0 bridgehead atoms. The van der Waals surface area contributed by atoms with Crippen LogP contribution in [0.5, 0.6) is 5.75 Å². The van der Waals surface area contributed by atoms with Crippen molar-refractivity contribution >= 4 is 5.97 Å². The Morgan fingerprint density at radius 2 is 1.56 bits per heavy atom. The van der Waals surface area contributed by atoms with Gasteiger partial charge in [0.25, 0.3) is 0 Å². The van der Waals surface area contributed by atoms with Gasteiger partial charge in [-0.3, -0.25) is 0 Å². The number of hydrogen-bond acceptors (Lipinski definition) is 3. The molecule has 0 spiro atoms. The molecular formula is C28H42NO3+. The molecule has 0 fully saturated rings. The summed E-state index contributed by atoms with van der Waals surface area (Å²) in [6.45, 7) is 5.00. The van der Waals surface area contributed by atoms with Crippen molar-refractivity contribution in [1.82, 2.24) is 0 Å². The molecule has 4 nitrogen and oxygen atoms in total. The van der Waals surface area contributed by atoms with Gasteiger partial charge in [0.2, 0.25) is 6.79 Å². The standard InChI is InChI=1S/C28H42NO3/c1-5-7-8-9-10-12-16-24-19-15-20-26(21-24)31-23-32-28(30)27(6-2)29(3,4)22-25-17-13-11-14-18-25/h11,13-15,17-21,27H,5-10,12,16,22-23H2,1-4H3/q+1. The Kier molecular flexibility index (Phi) is 11.3. The number of aryl methyl sites for hydroxylation is 1. The van der Waals surface area contributed by atoms with Crippen molar-refractivity contribution < 1.29 is 18.8 Å². The normalized spacial score (nSPS) is 12.4. The second-order valence-corrected chi connectivity index (χ2v) is 9.24. The van der Waals surface area contributed by atoms with Gasteiger partial charge in [-0.25, -0.2) is 4.79 Å². The van der Waals surface area contributed by atoms with E-state index in [9.17, 15) is 4.79 Å². The van der Waals surface area contributed by atoms with E-state index >= 15 is 0 Å². The van der Waals surface area contributed by atoms with E-state index < -0.39 is 0 Å². The monoisotopic (exact) mass is 440 g/mol. The Bertz CT molecular complexity index is 788. The van der Waals surface area contributed by atoms with Crippen LogP contribution in [0, 0.1) is 0 Å². The maximum absolute atomic E-state index is 12.8. The number of quaternary nitrogens is 1. The molecule has 0 aliphatic rings. The summed E-state index contributed by atoms with van der Waals surface area (Å²) in [4.78, 5) is 12.8. The summed E-state index contributed by atoms with van der Waals surface area (Å²) in [5.74, 6) is 0.545. The van der Waals surface area contributed by atoms with Gasteiger partial charge in [0, 0.05) is 12.0 Å². The van der Waals surface area contributed by atoms with Crippen LogP contribution in [0.15, 0.2) is 54.6 Å². The molecule has 2 aromatic carbocycles. The number of rotatable bonds is 15. The lowest BCUT2D eigenvalue weighted by molar-refractivity contribution is -0.919. The van der Waals surface area contributed by atoms with E-state index in [0.29, 0.717) is 10.9 Å². The molecule has 0 aliphatic heterocycles. The SMILES string of the molecule is CCCCCCCCc1cccc(OCOC(=O)C(CC)[N+](C)(C)Cc2ccccc2)c1. The fourth-order valence-corrected chi connectivity index (χ4v) is 4.26. The van der Waals surface area contributed by atoms with Gasteiger partial charge in [-0.1, -0.05) is 88.4 Å². The van der Waals surface area contributed by atoms with Crippen LogP contribution in [0.4, 0.5) is 0 Å². The molecule has 0 radical (unpaired) electrons. The third kappa shape index (κ3) is 9.04. The highest BCUT2D eigenvalue weighted by molar-refractivity contribution is 5.74. The third-order valence-electron chi connectivity index (χ3n) is 6.08. The van der Waals surface area contributed by atoms with E-state index in [0.717, 1.165) is 18.7 Å². The summed E-state index contributed by atoms with van der Waals surface area (Å²) >= 11 is 0. The van der Waals surface area contributed by atoms with Gasteiger partial charge in [-0.15, -0.1) is 0 Å². The number of carbonyl (C=O) groups is 1. The molecule has 32 heavy (non-hydrogen) atoms. The summed E-state index contributed by atoms with van der Waals surface area (Å²) in [5, 5.41) is 0. The smallest absolute Gasteiger partial charge is 0.367 e. The Morgan fingerprint density at radius 1 is 0.875 bits per heavy atom. The first-order valence-corrected chi connectivity index (χ1v) is 12.2. The average Bonchev–Trinajstić information content (AvgIpc) is 2.77. The van der Waals surface area contributed by atoms with Gasteiger partial charge in [-0.05, 0) is 30.5 Å². The summed E-state index contributed by atoms with van der Waals surface area (Å²) in [6.07, 6.45) is 9.53. The van der Waals surface area contributed by atoms with E-state index in [1.165, 1.54) is 49.7 Å². The minimum absolute atomic E-state index is 0.0544. The van der Waals surface area contributed by atoms with Crippen LogP contribution in [-0.4, -0.2) is 37.4 Å². The molecule has 0 heterocycles. The lowest BCUT2D eigenvalue weighted by Gasteiger charge is -2.36. The number of benzene rings is 2. The Labute approximate surface area is 195 Å². The van der Waals surface area contributed by atoms with Crippen LogP contribution in [-0.2, 0) is 22.5 Å². The summed E-state index contributed by atoms with van der Waals surface area (Å²) in [7, 11) is 4.16. The van der Waals surface area contributed by atoms with Crippen molar-refractivity contribution in [3.63, 3.8) is 0 Å². The van der Waals surface area contributed by atoms with E-state index in [1.54, 1.807) is 0 Å². The highest BCUT2D eigenvalue weighted by Gasteiger charge is 2.35. The number of unbranched alkanes of at least 4 members (excludes halogenated alkanes) is 5. The van der Waals surface area contributed by atoms with E-state index in [4.69, 9.17) is 9.47 Å². The summed E-state index contributed by atoms with van der Waals surface area (Å²) in [6, 6.07) is 18.2. The van der Waals surface area contributed by atoms with Gasteiger partial charge in [0.05, 0.1) is 14.1 Å². The molecule has 2 rings (SSSR count). The molecule has 0 amide bonds. The topological polar surface area (TPSA) is 35.5 Å². The molecule has 0 N–H and O–H groups in total. The van der Waals surface area contributed by atoms with Crippen LogP contribution in [0.25, 0.3) is 0 Å². The lowest BCUT2D eigenvalue weighted by Crippen LogP contribution is -2.52. The molecule has 176 valence electrons. The average molecular weight is 441 g/mol. The fourth-order valence-electron chi connectivity index (χ4n) is 4.26. The van der Waals surface area contributed by atoms with Crippen LogP contribution < -0.4 is 4.74 Å². The number of esters is 1. The Morgan fingerprint density at radius 3 is 2.28 bits per heavy atom. The number of hydrogen-bond donors (Lipinski definition) is 0. The van der Waals surface area contributed by atoms with Crippen LogP contribution in [0.1, 0.15) is 69.9 Å². The summed E-state index contributed by atoms with van der Waals surface area (Å²) < 4.78 is 11.8. The van der Waals surface area contributed by atoms with Crippen molar-refractivity contribution in [3.05, 3.63) is 65.7 Å². The highest BCUT2D eigenvalue weighted by Crippen LogP contribution is 2.19. The zero-order valence-corrected chi connectivity index (χ0v) is 20.5. The second-order valence-electron chi connectivity index (χ2n) is 9.24. The predicted molar refractivity (Wildman–Crippen MR) is 131 cm³/mol. The number of likely N-dealkylation sites (N-methyl/N-ethyl adjacent to an activating group) is 1. The first-order valence-electron chi connectivity index (χ1n) is 12.2. The molecule has 0 saturated carbocycles. The molecule has 0 aliphatic carbocycles. The van der Waals surface area contributed by atoms with E-state index in [2.05, 4.69) is 45.3 Å². The molecule has 1 atom stereocenters. The third-order valence-corrected chi connectivity index (χ3v) is 6.08. The maximum Gasteiger partial charge on any atom is 0.367 e. The van der Waals surface area contributed by atoms with Crippen LogP contribution >= 0.6 is 0 Å². The van der Waals surface area contributed by atoms with Crippen molar-refractivity contribution in [3.8, 4) is 5.75 Å². The van der Waals surface area contributed by atoms with Gasteiger partial charge < -0.3 is 14.0 Å². The maximum atomic E-state index is 12.8. The molecule has 2 aromatic rings. The molecule has 4 heteroatoms.